The molecule has 0 saturated carbocycles. The predicted octanol–water partition coefficient (Wildman–Crippen LogP) is 1.27. The zero-order valence-electron chi connectivity index (χ0n) is 9.21. The molecule has 0 spiro atoms. The molecule has 0 aromatic heterocycles. The summed E-state index contributed by atoms with van der Waals surface area (Å²) in [5.41, 5.74) is 0.335. The molecular weight excluding hydrogens is 188 g/mol. The molecule has 0 aromatic carbocycles. The Morgan fingerprint density at radius 1 is 1.67 bits per heavy atom. The molecule has 1 unspecified atom stereocenters. The second kappa shape index (κ2) is 3.46. The van der Waals surface area contributed by atoms with E-state index in [4.69, 9.17) is 5.26 Å². The van der Waals surface area contributed by atoms with E-state index in [1.54, 1.807) is 0 Å². The fourth-order valence-electron chi connectivity index (χ4n) is 2.97. The Morgan fingerprint density at radius 3 is 3.07 bits per heavy atom. The molecule has 0 amide bonds. The Hall–Kier alpha value is -1.14. The van der Waals surface area contributed by atoms with E-state index in [9.17, 15) is 4.79 Å². The number of ketones is 1. The van der Waals surface area contributed by atoms with Crippen LogP contribution in [0.5, 0.6) is 0 Å². The predicted molar refractivity (Wildman–Crippen MR) is 57.0 cm³/mol. The van der Waals surface area contributed by atoms with Crippen LogP contribution in [0.25, 0.3) is 0 Å². The first-order chi connectivity index (χ1) is 7.08. The zero-order valence-corrected chi connectivity index (χ0v) is 9.21. The summed E-state index contributed by atoms with van der Waals surface area (Å²) in [4.78, 5) is 11.8. The van der Waals surface area contributed by atoms with Crippen molar-refractivity contribution >= 4 is 5.78 Å². The second-order valence-corrected chi connectivity index (χ2v) is 4.90. The van der Waals surface area contributed by atoms with E-state index in [-0.39, 0.29) is 17.1 Å². The van der Waals surface area contributed by atoms with Crippen LogP contribution in [0, 0.1) is 28.6 Å². The van der Waals surface area contributed by atoms with E-state index in [0.29, 0.717) is 11.5 Å². The molecule has 1 heterocycles. The maximum Gasteiger partial charge on any atom is 0.176 e. The van der Waals surface area contributed by atoms with Crippen LogP contribution in [0.1, 0.15) is 20.3 Å². The van der Waals surface area contributed by atoms with Gasteiger partial charge < -0.3 is 5.32 Å². The Balaban J connectivity index is 2.43. The van der Waals surface area contributed by atoms with Gasteiger partial charge in [0.2, 0.25) is 0 Å². The first kappa shape index (κ1) is 10.4. The summed E-state index contributed by atoms with van der Waals surface area (Å²) < 4.78 is 0. The van der Waals surface area contributed by atoms with Gasteiger partial charge in [-0.15, -0.1) is 0 Å². The van der Waals surface area contributed by atoms with Gasteiger partial charge in [-0.25, -0.2) is 0 Å². The molecule has 0 bridgehead atoms. The molecule has 2 aliphatic rings. The van der Waals surface area contributed by atoms with Gasteiger partial charge in [0.15, 0.2) is 5.78 Å². The largest absolute Gasteiger partial charge is 0.316 e. The molecule has 0 radical (unpaired) electrons. The highest BCUT2D eigenvalue weighted by molar-refractivity contribution is 6.01. The van der Waals surface area contributed by atoms with Crippen LogP contribution in [-0.2, 0) is 4.79 Å². The molecule has 3 nitrogen and oxygen atoms in total. The average molecular weight is 204 g/mol. The van der Waals surface area contributed by atoms with Crippen molar-refractivity contribution in [3.63, 3.8) is 0 Å². The lowest BCUT2D eigenvalue weighted by atomic mass is 9.62. The Labute approximate surface area is 90.2 Å². The molecule has 0 aromatic rings. The molecule has 2 rings (SSSR count). The molecule has 1 aliphatic carbocycles. The number of fused-ring (bicyclic) bond motifs is 1. The lowest BCUT2D eigenvalue weighted by molar-refractivity contribution is -0.122. The number of hydrogen-bond donors (Lipinski definition) is 1. The number of Topliss-reactive ketones (excluding diaryl/α,β-unsaturated/α-hetero) is 1. The highest BCUT2D eigenvalue weighted by atomic mass is 16.1. The first-order valence-electron chi connectivity index (χ1n) is 5.46. The Kier molecular flexibility index (Phi) is 2.40. The first-order valence-corrected chi connectivity index (χ1v) is 5.46. The van der Waals surface area contributed by atoms with Gasteiger partial charge in [-0.05, 0) is 18.9 Å². The number of carbonyl (C=O) groups excluding carboxylic acids is 1. The van der Waals surface area contributed by atoms with E-state index in [2.05, 4.69) is 12.2 Å². The van der Waals surface area contributed by atoms with Crippen molar-refractivity contribution in [3.8, 4) is 6.07 Å². The fourth-order valence-corrected chi connectivity index (χ4v) is 2.97. The van der Waals surface area contributed by atoms with E-state index in [1.807, 2.05) is 19.1 Å². The van der Waals surface area contributed by atoms with Gasteiger partial charge in [0, 0.05) is 17.9 Å². The quantitative estimate of drug-likeness (QED) is 0.646. The molecule has 15 heavy (non-hydrogen) atoms. The number of rotatable bonds is 0. The van der Waals surface area contributed by atoms with Crippen molar-refractivity contribution in [1.82, 2.24) is 5.32 Å². The second-order valence-electron chi connectivity index (χ2n) is 4.90. The highest BCUT2D eigenvalue weighted by Gasteiger charge is 2.45. The third-order valence-electron chi connectivity index (χ3n) is 3.86. The van der Waals surface area contributed by atoms with Gasteiger partial charge in [0.05, 0.1) is 5.57 Å². The number of allylic oxidation sites excluding steroid dienone is 1. The minimum absolute atomic E-state index is 0.00301. The summed E-state index contributed by atoms with van der Waals surface area (Å²) in [5, 5.41) is 12.3. The molecule has 1 N–H and O–H groups in total. The van der Waals surface area contributed by atoms with Crippen LogP contribution in [0.2, 0.25) is 0 Å². The topological polar surface area (TPSA) is 52.9 Å². The maximum absolute atomic E-state index is 11.8. The van der Waals surface area contributed by atoms with Crippen molar-refractivity contribution in [2.45, 2.75) is 20.3 Å². The number of nitriles is 1. The minimum atomic E-state index is -0.0172. The van der Waals surface area contributed by atoms with Crippen LogP contribution in [0.4, 0.5) is 0 Å². The van der Waals surface area contributed by atoms with E-state index >= 15 is 0 Å². The van der Waals surface area contributed by atoms with Gasteiger partial charge in [-0.2, -0.15) is 5.26 Å². The summed E-state index contributed by atoms with van der Waals surface area (Å²) in [7, 11) is 0. The van der Waals surface area contributed by atoms with Gasteiger partial charge in [0.1, 0.15) is 6.07 Å². The monoisotopic (exact) mass is 204 g/mol. The number of nitrogens with one attached hydrogen (secondary N) is 1. The van der Waals surface area contributed by atoms with Crippen LogP contribution in [0.15, 0.2) is 11.6 Å². The van der Waals surface area contributed by atoms with Crippen LogP contribution < -0.4 is 5.32 Å². The van der Waals surface area contributed by atoms with Crippen molar-refractivity contribution in [1.29, 1.82) is 5.26 Å². The van der Waals surface area contributed by atoms with Crippen molar-refractivity contribution in [2.75, 3.05) is 13.1 Å². The molecule has 3 atom stereocenters. The molecule has 1 aliphatic heterocycles. The number of carbonyl (C=O) groups is 1. The van der Waals surface area contributed by atoms with Gasteiger partial charge in [0.25, 0.3) is 0 Å². The lowest BCUT2D eigenvalue weighted by Crippen LogP contribution is -2.50. The standard InChI is InChI=1S/C12H16N2O/c1-8-10-3-4-14-7-12(10,2)5-9(6-13)11(8)15/h5,8,10,14H,3-4,7H2,1-2H3/t8-,10-,12?/m0/s1. The third-order valence-corrected chi connectivity index (χ3v) is 3.86. The Bertz CT molecular complexity index is 366. The van der Waals surface area contributed by atoms with Crippen molar-refractivity contribution < 1.29 is 4.79 Å². The third kappa shape index (κ3) is 1.49. The molecule has 80 valence electrons. The summed E-state index contributed by atoms with van der Waals surface area (Å²) >= 11 is 0. The smallest absolute Gasteiger partial charge is 0.176 e. The summed E-state index contributed by atoms with van der Waals surface area (Å²) in [6, 6.07) is 2.03. The normalized spacial score (nSPS) is 40.3. The number of nitrogens with zero attached hydrogens (tertiary/aromatic N) is 1. The number of piperidine rings is 1. The summed E-state index contributed by atoms with van der Waals surface area (Å²) in [6.07, 6.45) is 2.91. The minimum Gasteiger partial charge on any atom is -0.316 e. The maximum atomic E-state index is 11.8. The molecule has 1 saturated heterocycles. The molecule has 1 fully saturated rings. The zero-order chi connectivity index (χ0) is 11.1. The summed E-state index contributed by atoms with van der Waals surface area (Å²) in [6.45, 7) is 5.96. The Morgan fingerprint density at radius 2 is 2.40 bits per heavy atom. The van der Waals surface area contributed by atoms with Gasteiger partial charge in [-0.3, -0.25) is 4.79 Å². The van der Waals surface area contributed by atoms with Gasteiger partial charge in [-0.1, -0.05) is 19.9 Å². The van der Waals surface area contributed by atoms with Crippen molar-refractivity contribution in [3.05, 3.63) is 11.6 Å². The van der Waals surface area contributed by atoms with E-state index in [0.717, 1.165) is 19.5 Å². The summed E-state index contributed by atoms with van der Waals surface area (Å²) in [5.74, 6) is 0.418. The average Bonchev–Trinajstić information content (AvgIpc) is 2.23. The van der Waals surface area contributed by atoms with Crippen LogP contribution >= 0.6 is 0 Å². The van der Waals surface area contributed by atoms with Crippen molar-refractivity contribution in [2.24, 2.45) is 17.3 Å². The number of hydrogen-bond acceptors (Lipinski definition) is 3. The van der Waals surface area contributed by atoms with Gasteiger partial charge >= 0.3 is 0 Å². The molecule has 3 heteroatoms. The highest BCUT2D eigenvalue weighted by Crippen LogP contribution is 2.43. The van der Waals surface area contributed by atoms with E-state index in [1.165, 1.54) is 0 Å². The van der Waals surface area contributed by atoms with Crippen LogP contribution in [-0.4, -0.2) is 18.9 Å². The lowest BCUT2D eigenvalue weighted by Gasteiger charge is -2.45. The molecular formula is C12H16N2O. The SMILES string of the molecule is C[C@@H]1C(=O)C(C#N)=CC2(C)CNCC[C@@H]12. The van der Waals surface area contributed by atoms with E-state index < -0.39 is 0 Å². The fraction of sp³-hybridized carbons (Fsp3) is 0.667. The van der Waals surface area contributed by atoms with Crippen LogP contribution in [0.3, 0.4) is 0 Å².